The summed E-state index contributed by atoms with van der Waals surface area (Å²) in [5.74, 6) is 2.09. The molecule has 3 nitrogen and oxygen atoms in total. The van der Waals surface area contributed by atoms with Crippen LogP contribution in [-0.2, 0) is 20.4 Å². The molecular formula is C41H72N3Pd-3. The van der Waals surface area contributed by atoms with Crippen LogP contribution in [0.3, 0.4) is 0 Å². The molecule has 264 valence electrons. The van der Waals surface area contributed by atoms with Gasteiger partial charge in [-0.2, -0.15) is 49.5 Å². The van der Waals surface area contributed by atoms with Crippen LogP contribution in [0.15, 0.2) is 77.8 Å². The fraction of sp³-hybridized carbons (Fsp3) is 0.585. The molecule has 1 atom stereocenters. The first-order valence-electron chi connectivity index (χ1n) is 17.0. The Balaban J connectivity index is -0.000000363. The molecule has 0 radical (unpaired) electrons. The number of aryl methyl sites for hydroxylation is 1. The van der Waals surface area contributed by atoms with Crippen molar-refractivity contribution >= 4 is 0 Å². The second-order valence-electron chi connectivity index (χ2n) is 12.1. The Kier molecular flexibility index (Phi) is 34.3. The van der Waals surface area contributed by atoms with E-state index in [0.29, 0.717) is 23.7 Å². The third-order valence-electron chi connectivity index (χ3n) is 6.47. The van der Waals surface area contributed by atoms with Gasteiger partial charge in [0.15, 0.2) is 0 Å². The van der Waals surface area contributed by atoms with Crippen LogP contribution in [0.2, 0.25) is 0 Å². The van der Waals surface area contributed by atoms with E-state index in [4.69, 9.17) is 0 Å². The van der Waals surface area contributed by atoms with E-state index in [1.807, 2.05) is 77.2 Å². The van der Waals surface area contributed by atoms with E-state index in [-0.39, 0.29) is 20.4 Å². The Hall–Kier alpha value is -1.82. The van der Waals surface area contributed by atoms with Crippen molar-refractivity contribution in [2.45, 2.75) is 102 Å². The molecule has 4 heteroatoms. The van der Waals surface area contributed by atoms with Gasteiger partial charge < -0.3 is 21.6 Å². The summed E-state index contributed by atoms with van der Waals surface area (Å²) in [7, 11) is 6.00. The van der Waals surface area contributed by atoms with E-state index in [1.165, 1.54) is 40.9 Å². The molecule has 0 spiro atoms. The van der Waals surface area contributed by atoms with Gasteiger partial charge in [0.05, 0.1) is 0 Å². The Morgan fingerprint density at radius 1 is 1.07 bits per heavy atom. The number of benzene rings is 1. The maximum Gasteiger partial charge on any atom is 0.0316 e. The minimum absolute atomic E-state index is 0. The molecule has 0 bridgehead atoms. The minimum Gasteiger partial charge on any atom is -0.502 e. The smallest absolute Gasteiger partial charge is 0.0316 e. The average molecular weight is 713 g/mol. The van der Waals surface area contributed by atoms with Gasteiger partial charge >= 0.3 is 0 Å². The summed E-state index contributed by atoms with van der Waals surface area (Å²) in [6.45, 7) is 41.6. The van der Waals surface area contributed by atoms with Crippen molar-refractivity contribution in [3.63, 3.8) is 0 Å². The molecule has 2 aliphatic rings. The van der Waals surface area contributed by atoms with Crippen LogP contribution >= 0.6 is 0 Å². The Bertz CT molecular complexity index is 947. The van der Waals surface area contributed by atoms with Gasteiger partial charge in [0.2, 0.25) is 0 Å². The van der Waals surface area contributed by atoms with Gasteiger partial charge in [0, 0.05) is 50.8 Å². The van der Waals surface area contributed by atoms with Crippen molar-refractivity contribution in [3.05, 3.63) is 103 Å². The normalized spacial score (nSPS) is 15.3. The minimum atomic E-state index is 0. The largest absolute Gasteiger partial charge is 0.502 e. The maximum absolute atomic E-state index is 4.42. The standard InChI is InChI=1S/C24H37N2.C7H7.C3H9N.C3H8.C2H6.C2H5.Pd/c1-9-21(18(4)5)24(20(8)17(2)3)26-15-14-25(16-26)23-13-11-10-12-22(23)19(6)7;1-7-5-3-2-4-6-7;1-4(2)3;1-3-2;2*1-2;/h9,11,16-19,22H,1,8,10,12,14-15H2,2-7H3;2-5H,1H3;1-3H3;3H2,1-2H3;1-2H3;1H2,2H3;/q2*-1;;;;-1;/b24-21-;;;;;;. The predicted molar refractivity (Wildman–Crippen MR) is 201 cm³/mol. The van der Waals surface area contributed by atoms with Crippen molar-refractivity contribution in [2.24, 2.45) is 23.7 Å². The Labute approximate surface area is 297 Å². The monoisotopic (exact) mass is 712 g/mol. The van der Waals surface area contributed by atoms with Crippen molar-refractivity contribution < 1.29 is 20.4 Å². The molecule has 3 rings (SSSR count). The second-order valence-corrected chi connectivity index (χ2v) is 12.1. The SMILES string of the molecule is C=C/C(=C(\C(=C)C(C)C)N1[CH-]N(C2=C=CCCC2C(C)C)CC1)C(C)C.CC.CCC.CN(C)C.Cc1[c-]cccc1.[CH2-]C.[Pd]. The van der Waals surface area contributed by atoms with Gasteiger partial charge in [0.25, 0.3) is 0 Å². The van der Waals surface area contributed by atoms with Crippen LogP contribution in [-0.4, -0.2) is 48.9 Å². The zero-order valence-electron chi connectivity index (χ0n) is 32.2. The fourth-order valence-corrected chi connectivity index (χ4v) is 4.38. The van der Waals surface area contributed by atoms with Gasteiger partial charge in [-0.3, -0.25) is 0 Å². The Morgan fingerprint density at radius 3 is 1.96 bits per heavy atom. The topological polar surface area (TPSA) is 9.72 Å². The molecule has 0 aromatic heterocycles. The van der Waals surface area contributed by atoms with Crippen LogP contribution in [0, 0.1) is 50.3 Å². The average Bonchev–Trinajstić information content (AvgIpc) is 3.48. The molecule has 45 heavy (non-hydrogen) atoms. The molecule has 1 unspecified atom stereocenters. The maximum atomic E-state index is 4.42. The van der Waals surface area contributed by atoms with Gasteiger partial charge in [-0.1, -0.05) is 102 Å². The molecule has 0 N–H and O–H groups in total. The van der Waals surface area contributed by atoms with E-state index in [0.717, 1.165) is 19.5 Å². The summed E-state index contributed by atoms with van der Waals surface area (Å²) in [6, 6.07) is 10.9. The van der Waals surface area contributed by atoms with Gasteiger partial charge in [-0.15, -0.1) is 5.73 Å². The van der Waals surface area contributed by atoms with E-state index in [2.05, 4.69) is 110 Å². The molecule has 1 aliphatic carbocycles. The van der Waals surface area contributed by atoms with Crippen molar-refractivity contribution in [1.29, 1.82) is 0 Å². The van der Waals surface area contributed by atoms with Crippen molar-refractivity contribution in [3.8, 4) is 0 Å². The fourth-order valence-electron chi connectivity index (χ4n) is 4.38. The Morgan fingerprint density at radius 2 is 1.60 bits per heavy atom. The van der Waals surface area contributed by atoms with Crippen LogP contribution in [0.25, 0.3) is 0 Å². The summed E-state index contributed by atoms with van der Waals surface area (Å²) < 4.78 is 0. The molecular weight excluding hydrogens is 641 g/mol. The quantitative estimate of drug-likeness (QED) is 0.121. The summed E-state index contributed by atoms with van der Waals surface area (Å²) in [6.07, 6.45) is 7.85. The summed E-state index contributed by atoms with van der Waals surface area (Å²) in [5.41, 5.74) is 9.86. The van der Waals surface area contributed by atoms with E-state index in [1.54, 1.807) is 6.92 Å². The number of nitrogens with zero attached hydrogens (tertiary/aromatic N) is 3. The molecule has 1 aromatic rings. The first-order valence-corrected chi connectivity index (χ1v) is 17.0. The van der Waals surface area contributed by atoms with Gasteiger partial charge in [0.1, 0.15) is 0 Å². The van der Waals surface area contributed by atoms with Crippen molar-refractivity contribution in [2.75, 3.05) is 34.2 Å². The number of rotatable bonds is 7. The third kappa shape index (κ3) is 21.6. The van der Waals surface area contributed by atoms with E-state index in [9.17, 15) is 0 Å². The van der Waals surface area contributed by atoms with Crippen LogP contribution < -0.4 is 0 Å². The molecule has 1 aromatic carbocycles. The summed E-state index contributed by atoms with van der Waals surface area (Å²) >= 11 is 0. The molecule has 0 saturated carbocycles. The van der Waals surface area contributed by atoms with Gasteiger partial charge in [-0.05, 0) is 69.0 Å². The molecule has 0 amide bonds. The van der Waals surface area contributed by atoms with E-state index >= 15 is 0 Å². The van der Waals surface area contributed by atoms with Crippen LogP contribution in [0.1, 0.15) is 101 Å². The predicted octanol–water partition coefficient (Wildman–Crippen LogP) is 11.4. The number of allylic oxidation sites excluding steroid dienone is 4. The zero-order chi connectivity index (χ0) is 34.8. The second kappa shape index (κ2) is 30.8. The summed E-state index contributed by atoms with van der Waals surface area (Å²) in [4.78, 5) is 6.80. The van der Waals surface area contributed by atoms with Gasteiger partial charge in [-0.25, -0.2) is 0 Å². The number of hydrogen-bond donors (Lipinski definition) is 0. The van der Waals surface area contributed by atoms with Crippen LogP contribution in [0.5, 0.6) is 0 Å². The molecule has 1 heterocycles. The third-order valence-corrected chi connectivity index (χ3v) is 6.47. The zero-order valence-corrected chi connectivity index (χ0v) is 33.7. The molecule has 1 saturated heterocycles. The first kappa shape index (κ1) is 50.0. The summed E-state index contributed by atoms with van der Waals surface area (Å²) in [5, 5.41) is 0. The first-order chi connectivity index (χ1) is 20.8. The van der Waals surface area contributed by atoms with Crippen molar-refractivity contribution in [1.82, 2.24) is 14.7 Å². The van der Waals surface area contributed by atoms with E-state index < -0.39 is 0 Å². The molecule has 1 fully saturated rings. The number of hydrogen-bond acceptors (Lipinski definition) is 3. The molecule has 1 aliphatic heterocycles. The van der Waals surface area contributed by atoms with Crippen LogP contribution in [0.4, 0.5) is 0 Å².